The van der Waals surface area contributed by atoms with E-state index in [0.29, 0.717) is 5.56 Å². The van der Waals surface area contributed by atoms with Gasteiger partial charge in [0.25, 0.3) is 5.91 Å². The Balaban J connectivity index is 2.96. The van der Waals surface area contributed by atoms with Crippen molar-refractivity contribution in [2.24, 2.45) is 0 Å². The van der Waals surface area contributed by atoms with E-state index in [9.17, 15) is 4.79 Å². The van der Waals surface area contributed by atoms with Crippen LogP contribution in [0.2, 0.25) is 0 Å². The van der Waals surface area contributed by atoms with Crippen LogP contribution in [0.1, 0.15) is 61.5 Å². The third-order valence-corrected chi connectivity index (χ3v) is 4.20. The van der Waals surface area contributed by atoms with Gasteiger partial charge in [0, 0.05) is 16.7 Å². The monoisotopic (exact) mass is 287 g/mol. The van der Waals surface area contributed by atoms with E-state index in [2.05, 4.69) is 37.9 Å². The van der Waals surface area contributed by atoms with Gasteiger partial charge in [-0.05, 0) is 49.9 Å². The van der Waals surface area contributed by atoms with E-state index in [0.717, 1.165) is 30.4 Å². The molecule has 0 atom stereocenters. The fourth-order valence-electron chi connectivity index (χ4n) is 2.41. The molecular formula is C18H25NO2. The molecule has 1 aromatic rings. The van der Waals surface area contributed by atoms with Gasteiger partial charge in [-0.2, -0.15) is 0 Å². The highest BCUT2D eigenvalue weighted by Crippen LogP contribution is 2.20. The average Bonchev–Trinajstić information content (AvgIpc) is 2.51. The minimum absolute atomic E-state index is 0.0367. The first-order chi connectivity index (χ1) is 10.0. The second-order valence-electron chi connectivity index (χ2n) is 5.28. The molecule has 0 aliphatic heterocycles. The van der Waals surface area contributed by atoms with Crippen molar-refractivity contribution in [1.82, 2.24) is 5.32 Å². The Morgan fingerprint density at radius 1 is 1.24 bits per heavy atom. The van der Waals surface area contributed by atoms with Crippen molar-refractivity contribution in [2.75, 3.05) is 6.61 Å². The number of benzene rings is 1. The van der Waals surface area contributed by atoms with Gasteiger partial charge in [0.1, 0.15) is 6.61 Å². The predicted octanol–water partition coefficient (Wildman–Crippen LogP) is 3.04. The highest BCUT2D eigenvalue weighted by Gasteiger charge is 2.26. The zero-order chi connectivity index (χ0) is 15.9. The van der Waals surface area contributed by atoms with Crippen LogP contribution in [0, 0.1) is 18.8 Å². The van der Waals surface area contributed by atoms with Gasteiger partial charge in [-0.15, -0.1) is 0 Å². The van der Waals surface area contributed by atoms with Crippen LogP contribution in [-0.4, -0.2) is 23.2 Å². The van der Waals surface area contributed by atoms with Gasteiger partial charge in [0.05, 0.1) is 0 Å². The lowest BCUT2D eigenvalue weighted by atomic mass is 9.89. The Kier molecular flexibility index (Phi) is 6.45. The topological polar surface area (TPSA) is 49.3 Å². The summed E-state index contributed by atoms with van der Waals surface area (Å²) < 4.78 is 0. The SMILES string of the molecule is CCC(CC)(CC)NC(=O)c1ccc(C#CCO)c(C)c1. The van der Waals surface area contributed by atoms with Crippen molar-refractivity contribution in [2.45, 2.75) is 52.5 Å². The summed E-state index contributed by atoms with van der Waals surface area (Å²) in [5.41, 5.74) is 2.31. The van der Waals surface area contributed by atoms with Crippen LogP contribution in [0.25, 0.3) is 0 Å². The lowest BCUT2D eigenvalue weighted by Gasteiger charge is -2.31. The van der Waals surface area contributed by atoms with Gasteiger partial charge in [0.2, 0.25) is 0 Å². The summed E-state index contributed by atoms with van der Waals surface area (Å²) in [4.78, 5) is 12.4. The van der Waals surface area contributed by atoms with Crippen LogP contribution >= 0.6 is 0 Å². The zero-order valence-electron chi connectivity index (χ0n) is 13.4. The van der Waals surface area contributed by atoms with E-state index in [1.807, 2.05) is 19.1 Å². The van der Waals surface area contributed by atoms with E-state index in [1.54, 1.807) is 6.07 Å². The van der Waals surface area contributed by atoms with E-state index in [4.69, 9.17) is 5.11 Å². The molecular weight excluding hydrogens is 262 g/mol. The molecule has 0 fully saturated rings. The van der Waals surface area contributed by atoms with Crippen LogP contribution in [-0.2, 0) is 0 Å². The van der Waals surface area contributed by atoms with Crippen molar-refractivity contribution < 1.29 is 9.90 Å². The van der Waals surface area contributed by atoms with E-state index in [1.165, 1.54) is 0 Å². The lowest BCUT2D eigenvalue weighted by molar-refractivity contribution is 0.0888. The van der Waals surface area contributed by atoms with E-state index >= 15 is 0 Å². The number of hydrogen-bond donors (Lipinski definition) is 2. The quantitative estimate of drug-likeness (QED) is 0.818. The Hall–Kier alpha value is -1.79. The summed E-state index contributed by atoms with van der Waals surface area (Å²) >= 11 is 0. The number of aliphatic hydroxyl groups is 1. The molecule has 0 spiro atoms. The molecule has 1 rings (SSSR count). The maximum Gasteiger partial charge on any atom is 0.251 e. The number of carbonyl (C=O) groups excluding carboxylic acids is 1. The van der Waals surface area contributed by atoms with Gasteiger partial charge >= 0.3 is 0 Å². The number of rotatable bonds is 5. The fourth-order valence-corrected chi connectivity index (χ4v) is 2.41. The van der Waals surface area contributed by atoms with E-state index < -0.39 is 0 Å². The average molecular weight is 287 g/mol. The van der Waals surface area contributed by atoms with Crippen molar-refractivity contribution in [1.29, 1.82) is 0 Å². The highest BCUT2D eigenvalue weighted by atomic mass is 16.2. The second-order valence-corrected chi connectivity index (χ2v) is 5.28. The van der Waals surface area contributed by atoms with Crippen molar-refractivity contribution in [3.8, 4) is 11.8 Å². The molecule has 21 heavy (non-hydrogen) atoms. The van der Waals surface area contributed by atoms with Gasteiger partial charge in [-0.25, -0.2) is 0 Å². The molecule has 0 aromatic heterocycles. The Morgan fingerprint density at radius 2 is 1.86 bits per heavy atom. The summed E-state index contributed by atoms with van der Waals surface area (Å²) in [5, 5.41) is 11.9. The second kappa shape index (κ2) is 7.85. The Labute approximate surface area is 127 Å². The predicted molar refractivity (Wildman–Crippen MR) is 86.2 cm³/mol. The number of aryl methyl sites for hydroxylation is 1. The molecule has 0 aliphatic carbocycles. The summed E-state index contributed by atoms with van der Waals surface area (Å²) in [6.07, 6.45) is 2.76. The minimum Gasteiger partial charge on any atom is -0.384 e. The summed E-state index contributed by atoms with van der Waals surface area (Å²) in [6.45, 7) is 8.07. The molecule has 0 heterocycles. The Morgan fingerprint density at radius 3 is 2.33 bits per heavy atom. The maximum absolute atomic E-state index is 12.4. The number of amides is 1. The van der Waals surface area contributed by atoms with Crippen LogP contribution in [0.5, 0.6) is 0 Å². The molecule has 0 saturated heterocycles. The molecule has 3 nitrogen and oxygen atoms in total. The largest absolute Gasteiger partial charge is 0.384 e. The Bertz CT molecular complexity index is 540. The summed E-state index contributed by atoms with van der Waals surface area (Å²) in [7, 11) is 0. The normalized spacial score (nSPS) is 10.7. The van der Waals surface area contributed by atoms with Crippen molar-refractivity contribution in [3.63, 3.8) is 0 Å². The first-order valence-electron chi connectivity index (χ1n) is 7.54. The molecule has 0 radical (unpaired) electrons. The summed E-state index contributed by atoms with van der Waals surface area (Å²) in [5.74, 6) is 5.47. The standard InChI is InChI=1S/C18H25NO2/c1-5-18(6-2,7-3)19-17(21)16-11-10-15(9-8-12-20)14(4)13-16/h10-11,13,20H,5-7,12H2,1-4H3,(H,19,21). The molecule has 0 bridgehead atoms. The molecule has 0 aliphatic rings. The third-order valence-electron chi connectivity index (χ3n) is 4.20. The molecule has 3 heteroatoms. The number of aliphatic hydroxyl groups excluding tert-OH is 1. The molecule has 1 amide bonds. The van der Waals surface area contributed by atoms with Crippen LogP contribution < -0.4 is 5.32 Å². The van der Waals surface area contributed by atoms with Crippen LogP contribution in [0.15, 0.2) is 18.2 Å². The minimum atomic E-state index is -0.159. The first-order valence-corrected chi connectivity index (χ1v) is 7.54. The third kappa shape index (κ3) is 4.34. The van der Waals surface area contributed by atoms with Crippen LogP contribution in [0.4, 0.5) is 0 Å². The molecule has 1 aromatic carbocycles. The zero-order valence-corrected chi connectivity index (χ0v) is 13.4. The number of hydrogen-bond acceptors (Lipinski definition) is 2. The van der Waals surface area contributed by atoms with Gasteiger partial charge in [-0.3, -0.25) is 4.79 Å². The smallest absolute Gasteiger partial charge is 0.251 e. The molecule has 0 saturated carbocycles. The number of nitrogens with one attached hydrogen (secondary N) is 1. The molecule has 114 valence electrons. The summed E-state index contributed by atoms with van der Waals surface area (Å²) in [6, 6.07) is 5.47. The fraction of sp³-hybridized carbons (Fsp3) is 0.500. The molecule has 2 N–H and O–H groups in total. The van der Waals surface area contributed by atoms with Gasteiger partial charge in [0.15, 0.2) is 0 Å². The maximum atomic E-state index is 12.4. The van der Waals surface area contributed by atoms with E-state index in [-0.39, 0.29) is 18.1 Å². The van der Waals surface area contributed by atoms with Gasteiger partial charge in [-0.1, -0.05) is 32.6 Å². The first kappa shape index (κ1) is 17.3. The molecule has 0 unspecified atom stereocenters. The highest BCUT2D eigenvalue weighted by molar-refractivity contribution is 5.95. The van der Waals surface area contributed by atoms with Crippen molar-refractivity contribution in [3.05, 3.63) is 34.9 Å². The van der Waals surface area contributed by atoms with Gasteiger partial charge < -0.3 is 10.4 Å². The van der Waals surface area contributed by atoms with Crippen molar-refractivity contribution >= 4 is 5.91 Å². The number of carbonyl (C=O) groups is 1. The van der Waals surface area contributed by atoms with Crippen LogP contribution in [0.3, 0.4) is 0 Å². The lowest BCUT2D eigenvalue weighted by Crippen LogP contribution is -2.47.